The van der Waals surface area contributed by atoms with E-state index in [1.54, 1.807) is 23.6 Å². The van der Waals surface area contributed by atoms with Gasteiger partial charge in [-0.2, -0.15) is 0 Å². The molecular weight excluding hydrogens is 409 g/mol. The molecule has 0 saturated carbocycles. The normalized spacial score (nSPS) is 19.0. The lowest BCUT2D eigenvalue weighted by Crippen LogP contribution is -2.29. The quantitative estimate of drug-likeness (QED) is 0.726. The summed E-state index contributed by atoms with van der Waals surface area (Å²) in [7, 11) is 0. The Kier molecular flexibility index (Phi) is 7.13. The molecule has 3 rings (SSSR count). The minimum absolute atomic E-state index is 0. The average Bonchev–Trinajstić information content (AvgIpc) is 3.05. The molecule has 0 saturated heterocycles. The van der Waals surface area contributed by atoms with E-state index >= 15 is 0 Å². The summed E-state index contributed by atoms with van der Waals surface area (Å²) in [6.45, 7) is 4.20. The van der Waals surface area contributed by atoms with Crippen LogP contribution in [0.1, 0.15) is 35.5 Å². The second kappa shape index (κ2) is 8.95. The third-order valence-electron chi connectivity index (χ3n) is 4.14. The molecule has 1 amide bonds. The number of anilines is 1. The summed E-state index contributed by atoms with van der Waals surface area (Å²) in [4.78, 5) is 17.5. The average molecular weight is 430 g/mol. The number of nitrogens with two attached hydrogens (primary N) is 1. The number of amides is 1. The van der Waals surface area contributed by atoms with Crippen molar-refractivity contribution in [2.75, 3.05) is 17.7 Å². The van der Waals surface area contributed by atoms with E-state index in [0.29, 0.717) is 40.1 Å². The van der Waals surface area contributed by atoms with Crippen LogP contribution in [0.15, 0.2) is 34.6 Å². The summed E-state index contributed by atoms with van der Waals surface area (Å²) in [5.41, 5.74) is 6.03. The van der Waals surface area contributed by atoms with Gasteiger partial charge in [-0.05, 0) is 49.9 Å². The summed E-state index contributed by atoms with van der Waals surface area (Å²) in [5, 5.41) is 5.07. The Morgan fingerprint density at radius 2 is 2.22 bits per heavy atom. The standard InChI is InChI=1S/C18H20FN3O2S2.ClH/c1-3-24-14-6-8-25-15(14)16(23)21-11-4-5-13(19)12(10-11)18(2)7-9-26-17(20)22-18;/h4-6,8,10H,3,7,9H2,1-2H3,(H2,20,22)(H,21,23);1H/t18-;/m0./s1. The summed E-state index contributed by atoms with van der Waals surface area (Å²) in [6, 6.07) is 6.28. The van der Waals surface area contributed by atoms with Gasteiger partial charge in [-0.25, -0.2) is 4.39 Å². The first-order valence-corrected chi connectivity index (χ1v) is 10.1. The molecule has 2 heterocycles. The van der Waals surface area contributed by atoms with Gasteiger partial charge < -0.3 is 15.8 Å². The molecular formula is C18H21ClFN3O2S2. The highest BCUT2D eigenvalue weighted by Crippen LogP contribution is 2.37. The third-order valence-corrected chi connectivity index (χ3v) is 5.83. The SMILES string of the molecule is CCOc1ccsc1C(=O)Nc1ccc(F)c([C@]2(C)CCSC(N)=N2)c1.Cl. The van der Waals surface area contributed by atoms with E-state index in [1.165, 1.54) is 29.2 Å². The fourth-order valence-electron chi connectivity index (χ4n) is 2.82. The molecule has 9 heteroatoms. The first kappa shape index (κ1) is 21.5. The van der Waals surface area contributed by atoms with Crippen molar-refractivity contribution in [2.45, 2.75) is 25.8 Å². The van der Waals surface area contributed by atoms with E-state index in [1.807, 2.05) is 13.8 Å². The van der Waals surface area contributed by atoms with Crippen LogP contribution >= 0.6 is 35.5 Å². The fourth-order valence-corrected chi connectivity index (χ4v) is 4.52. The van der Waals surface area contributed by atoms with E-state index in [0.717, 1.165) is 5.75 Å². The number of aliphatic imine (C=N–C) groups is 1. The minimum Gasteiger partial charge on any atom is -0.492 e. The van der Waals surface area contributed by atoms with Crippen LogP contribution in [0.2, 0.25) is 0 Å². The number of hydrogen-bond acceptors (Lipinski definition) is 6. The van der Waals surface area contributed by atoms with Crippen LogP contribution in [0.25, 0.3) is 0 Å². The lowest BCUT2D eigenvalue weighted by Gasteiger charge is -2.30. The Morgan fingerprint density at radius 1 is 1.44 bits per heavy atom. The zero-order chi connectivity index (χ0) is 18.7. The number of thioether (sulfide) groups is 1. The van der Waals surface area contributed by atoms with Gasteiger partial charge in [0.05, 0.1) is 12.1 Å². The zero-order valence-electron chi connectivity index (χ0n) is 15.0. The molecule has 0 fully saturated rings. The fraction of sp³-hybridized carbons (Fsp3) is 0.333. The summed E-state index contributed by atoms with van der Waals surface area (Å²) >= 11 is 2.76. The number of rotatable bonds is 5. The van der Waals surface area contributed by atoms with Gasteiger partial charge in [0.25, 0.3) is 5.91 Å². The van der Waals surface area contributed by atoms with E-state index in [-0.39, 0.29) is 24.1 Å². The number of nitrogens with zero attached hydrogens (tertiary/aromatic N) is 1. The number of carbonyl (C=O) groups excluding carboxylic acids is 1. The largest absolute Gasteiger partial charge is 0.492 e. The van der Waals surface area contributed by atoms with Crippen molar-refractivity contribution in [1.82, 2.24) is 0 Å². The monoisotopic (exact) mass is 429 g/mol. The molecule has 1 aromatic heterocycles. The first-order chi connectivity index (χ1) is 12.4. The number of nitrogens with one attached hydrogen (secondary N) is 1. The van der Waals surface area contributed by atoms with Crippen molar-refractivity contribution in [1.29, 1.82) is 0 Å². The molecule has 0 unspecified atom stereocenters. The van der Waals surface area contributed by atoms with Crippen molar-refractivity contribution in [3.63, 3.8) is 0 Å². The van der Waals surface area contributed by atoms with Gasteiger partial charge in [0, 0.05) is 17.0 Å². The van der Waals surface area contributed by atoms with Gasteiger partial charge in [0.15, 0.2) is 5.17 Å². The molecule has 1 atom stereocenters. The van der Waals surface area contributed by atoms with Crippen molar-refractivity contribution in [3.8, 4) is 5.75 Å². The highest BCUT2D eigenvalue weighted by atomic mass is 35.5. The molecule has 0 radical (unpaired) electrons. The number of hydrogen-bond donors (Lipinski definition) is 2. The van der Waals surface area contributed by atoms with Crippen molar-refractivity contribution >= 4 is 52.3 Å². The van der Waals surface area contributed by atoms with Crippen molar-refractivity contribution < 1.29 is 13.9 Å². The number of thiophene rings is 1. The minimum atomic E-state index is -0.737. The van der Waals surface area contributed by atoms with Crippen LogP contribution < -0.4 is 15.8 Å². The number of carbonyl (C=O) groups is 1. The molecule has 5 nitrogen and oxygen atoms in total. The van der Waals surface area contributed by atoms with Crippen LogP contribution in [0.3, 0.4) is 0 Å². The van der Waals surface area contributed by atoms with Gasteiger partial charge in [0.1, 0.15) is 16.4 Å². The Balaban J connectivity index is 0.00000261. The Labute approximate surface area is 172 Å². The van der Waals surface area contributed by atoms with Crippen LogP contribution in [-0.2, 0) is 5.54 Å². The number of halogens is 2. The number of benzene rings is 1. The lowest BCUT2D eigenvalue weighted by atomic mass is 9.89. The van der Waals surface area contributed by atoms with Crippen LogP contribution in [0.4, 0.5) is 10.1 Å². The Morgan fingerprint density at radius 3 is 2.93 bits per heavy atom. The van der Waals surface area contributed by atoms with Gasteiger partial charge in [-0.1, -0.05) is 11.8 Å². The predicted molar refractivity (Wildman–Crippen MR) is 113 cm³/mol. The van der Waals surface area contributed by atoms with E-state index in [9.17, 15) is 9.18 Å². The smallest absolute Gasteiger partial charge is 0.269 e. The second-order valence-corrected chi connectivity index (χ2v) is 8.05. The second-order valence-electron chi connectivity index (χ2n) is 6.02. The first-order valence-electron chi connectivity index (χ1n) is 8.23. The molecule has 0 bridgehead atoms. The molecule has 1 aromatic carbocycles. The summed E-state index contributed by atoms with van der Waals surface area (Å²) < 4.78 is 19.9. The highest BCUT2D eigenvalue weighted by Gasteiger charge is 2.32. The van der Waals surface area contributed by atoms with E-state index < -0.39 is 5.54 Å². The maximum absolute atomic E-state index is 14.5. The van der Waals surface area contributed by atoms with Crippen LogP contribution in [-0.4, -0.2) is 23.4 Å². The van der Waals surface area contributed by atoms with Crippen molar-refractivity contribution in [3.05, 3.63) is 45.9 Å². The summed E-state index contributed by atoms with van der Waals surface area (Å²) in [5.74, 6) is 0.675. The molecule has 1 aliphatic heterocycles. The molecule has 0 spiro atoms. The Bertz CT molecular complexity index is 859. The zero-order valence-corrected chi connectivity index (χ0v) is 17.4. The van der Waals surface area contributed by atoms with Gasteiger partial charge in [-0.15, -0.1) is 23.7 Å². The van der Waals surface area contributed by atoms with Gasteiger partial charge in [0.2, 0.25) is 0 Å². The molecule has 27 heavy (non-hydrogen) atoms. The molecule has 2 aromatic rings. The Hall–Kier alpha value is -1.77. The number of amidine groups is 1. The van der Waals surface area contributed by atoms with Crippen LogP contribution in [0.5, 0.6) is 5.75 Å². The number of ether oxygens (including phenoxy) is 1. The molecule has 146 valence electrons. The lowest BCUT2D eigenvalue weighted by molar-refractivity contribution is 0.102. The third kappa shape index (κ3) is 4.75. The van der Waals surface area contributed by atoms with E-state index in [2.05, 4.69) is 10.3 Å². The molecule has 1 aliphatic rings. The molecule has 3 N–H and O–H groups in total. The molecule has 0 aliphatic carbocycles. The maximum Gasteiger partial charge on any atom is 0.269 e. The van der Waals surface area contributed by atoms with Crippen LogP contribution in [0, 0.1) is 5.82 Å². The maximum atomic E-state index is 14.5. The van der Waals surface area contributed by atoms with Crippen molar-refractivity contribution in [2.24, 2.45) is 10.7 Å². The van der Waals surface area contributed by atoms with E-state index in [4.69, 9.17) is 10.5 Å². The van der Waals surface area contributed by atoms with Gasteiger partial charge >= 0.3 is 0 Å². The highest BCUT2D eigenvalue weighted by molar-refractivity contribution is 8.13. The summed E-state index contributed by atoms with van der Waals surface area (Å²) in [6.07, 6.45) is 0.673. The predicted octanol–water partition coefficient (Wildman–Crippen LogP) is 4.63. The van der Waals surface area contributed by atoms with Gasteiger partial charge in [-0.3, -0.25) is 9.79 Å². The topological polar surface area (TPSA) is 76.7 Å².